The first-order valence-electron chi connectivity index (χ1n) is 13.2. The highest BCUT2D eigenvalue weighted by molar-refractivity contribution is 5.85. The van der Waals surface area contributed by atoms with Crippen LogP contribution in [0.3, 0.4) is 0 Å². The van der Waals surface area contributed by atoms with Gasteiger partial charge in [-0.05, 0) is 60.4 Å². The fourth-order valence-electron chi connectivity index (χ4n) is 4.87. The van der Waals surface area contributed by atoms with Gasteiger partial charge in [-0.25, -0.2) is 0 Å². The number of aliphatic hydroxyl groups excluding tert-OH is 1. The van der Waals surface area contributed by atoms with E-state index in [0.29, 0.717) is 41.3 Å². The second-order valence-corrected chi connectivity index (χ2v) is 10.7. The maximum Gasteiger partial charge on any atom is 0.306 e. The van der Waals surface area contributed by atoms with Crippen molar-refractivity contribution in [1.29, 1.82) is 5.26 Å². The molecule has 2 aromatic carbocycles. The van der Waals surface area contributed by atoms with Crippen LogP contribution in [-0.2, 0) is 28.8 Å². The fraction of sp³-hybridized carbons (Fsp3) is 0.533. The lowest BCUT2D eigenvalue weighted by molar-refractivity contribution is -0.894. The number of unbranched alkanes of at least 4 members (excludes halogenated alkanes) is 1. The molecule has 0 radical (unpaired) electrons. The maximum atomic E-state index is 11.9. The largest absolute Gasteiger partial charge is 0.489 e. The number of nitriles is 1. The van der Waals surface area contributed by atoms with Crippen molar-refractivity contribution in [3.8, 4) is 11.8 Å². The van der Waals surface area contributed by atoms with E-state index < -0.39 is 6.10 Å². The van der Waals surface area contributed by atoms with Crippen LogP contribution in [0.2, 0.25) is 0 Å². The highest BCUT2D eigenvalue weighted by Crippen LogP contribution is 2.29. The second kappa shape index (κ2) is 15.0. The van der Waals surface area contributed by atoms with Crippen molar-refractivity contribution < 1.29 is 23.9 Å². The molecule has 202 valence electrons. The minimum Gasteiger partial charge on any atom is -0.489 e. The Labute approximate surface area is 228 Å². The molecule has 0 saturated heterocycles. The Balaban J connectivity index is 0.00000481. The number of halogens is 1. The molecule has 1 aliphatic rings. The molecular formula is C30H42ClN2O4+. The van der Waals surface area contributed by atoms with Crippen molar-refractivity contribution in [3.63, 3.8) is 0 Å². The summed E-state index contributed by atoms with van der Waals surface area (Å²) in [6.07, 6.45) is 5.42. The number of rotatable bonds is 14. The van der Waals surface area contributed by atoms with Gasteiger partial charge in [0.25, 0.3) is 0 Å². The van der Waals surface area contributed by atoms with Crippen molar-refractivity contribution >= 4 is 18.4 Å². The number of hydrogen-bond acceptors (Lipinski definition) is 5. The zero-order valence-electron chi connectivity index (χ0n) is 22.4. The van der Waals surface area contributed by atoms with E-state index >= 15 is 0 Å². The lowest BCUT2D eigenvalue weighted by atomic mass is 10.0. The Morgan fingerprint density at radius 3 is 2.54 bits per heavy atom. The Bertz CT molecular complexity index is 1030. The normalized spacial score (nSPS) is 13.8. The van der Waals surface area contributed by atoms with Crippen LogP contribution in [0.4, 0.5) is 0 Å². The molecule has 0 aliphatic heterocycles. The average molecular weight is 530 g/mol. The minimum atomic E-state index is -0.649. The molecule has 2 aromatic rings. The number of ether oxygens (including phenoxy) is 2. The third-order valence-electron chi connectivity index (χ3n) is 6.96. The first kappa shape index (κ1) is 30.6. The van der Waals surface area contributed by atoms with Gasteiger partial charge in [0, 0.05) is 12.8 Å². The summed E-state index contributed by atoms with van der Waals surface area (Å²) in [6.45, 7) is 4.19. The van der Waals surface area contributed by atoms with E-state index in [4.69, 9.17) is 9.47 Å². The van der Waals surface area contributed by atoms with Crippen LogP contribution in [0.25, 0.3) is 0 Å². The van der Waals surface area contributed by atoms with Crippen LogP contribution in [-0.4, -0.2) is 62.1 Å². The number of fused-ring (bicyclic) bond motifs is 1. The van der Waals surface area contributed by atoms with Crippen molar-refractivity contribution in [3.05, 3.63) is 64.7 Å². The van der Waals surface area contributed by atoms with E-state index in [2.05, 4.69) is 51.4 Å². The van der Waals surface area contributed by atoms with E-state index in [1.807, 2.05) is 6.07 Å². The number of carbonyl (C=O) groups is 1. The number of esters is 1. The Morgan fingerprint density at radius 1 is 1.19 bits per heavy atom. The van der Waals surface area contributed by atoms with Gasteiger partial charge in [0.15, 0.2) is 0 Å². The van der Waals surface area contributed by atoms with E-state index in [1.165, 1.54) is 11.1 Å². The van der Waals surface area contributed by atoms with Gasteiger partial charge in [-0.15, -0.1) is 12.4 Å². The molecule has 0 aromatic heterocycles. The minimum absolute atomic E-state index is 0. The predicted octanol–water partition coefficient (Wildman–Crippen LogP) is 4.88. The molecule has 0 saturated carbocycles. The number of likely N-dealkylation sites (N-methyl/N-ethyl adjacent to an activating group) is 1. The summed E-state index contributed by atoms with van der Waals surface area (Å²) in [5.41, 5.74) is 4.28. The number of aliphatic hydroxyl groups is 1. The SMILES string of the molecule is CCCCOC(=O)CCc1ccc(C#N)c(OC[C@H](O)C[N+](C)(C)CCC2Cc3ccccc3C2)c1.Cl. The lowest BCUT2D eigenvalue weighted by Gasteiger charge is -2.32. The standard InChI is InChI=1S/C30H41N2O4.ClH/c1-4-5-16-35-30(34)13-11-23-10-12-27(20-31)29(19-23)36-22-28(33)21-32(2,3)15-14-24-17-25-8-6-7-9-26(25)18-24;/h6-10,12,19,24,28,33H,4-5,11,13-18,21-22H2,1-3H3;1H/q+1;/t28-;/m1./s1. The van der Waals surface area contributed by atoms with Gasteiger partial charge >= 0.3 is 5.97 Å². The topological polar surface area (TPSA) is 79.6 Å². The number of aryl methyl sites for hydroxylation is 1. The fourth-order valence-corrected chi connectivity index (χ4v) is 4.87. The summed E-state index contributed by atoms with van der Waals surface area (Å²) in [6, 6.07) is 16.2. The summed E-state index contributed by atoms with van der Waals surface area (Å²) < 4.78 is 11.8. The number of carbonyl (C=O) groups excluding carboxylic acids is 1. The molecule has 37 heavy (non-hydrogen) atoms. The summed E-state index contributed by atoms with van der Waals surface area (Å²) in [5.74, 6) is 0.896. The molecule has 0 amide bonds. The van der Waals surface area contributed by atoms with Crippen LogP contribution < -0.4 is 4.74 Å². The molecule has 1 aliphatic carbocycles. The first-order chi connectivity index (χ1) is 17.3. The number of hydrogen-bond donors (Lipinski definition) is 1. The van der Waals surface area contributed by atoms with Crippen LogP contribution in [0.1, 0.15) is 54.9 Å². The van der Waals surface area contributed by atoms with Gasteiger partial charge in [-0.1, -0.05) is 43.7 Å². The Kier molecular flexibility index (Phi) is 12.4. The van der Waals surface area contributed by atoms with Crippen LogP contribution in [0.5, 0.6) is 5.75 Å². The smallest absolute Gasteiger partial charge is 0.306 e. The van der Waals surface area contributed by atoms with E-state index in [1.54, 1.807) is 12.1 Å². The van der Waals surface area contributed by atoms with Crippen molar-refractivity contribution in [2.45, 2.75) is 58.0 Å². The van der Waals surface area contributed by atoms with Crippen molar-refractivity contribution in [2.24, 2.45) is 5.92 Å². The second-order valence-electron chi connectivity index (χ2n) is 10.7. The van der Waals surface area contributed by atoms with E-state index in [-0.39, 0.29) is 31.4 Å². The average Bonchev–Trinajstić information content (AvgIpc) is 3.28. The molecule has 1 N–H and O–H groups in total. The highest BCUT2D eigenvalue weighted by atomic mass is 35.5. The van der Waals surface area contributed by atoms with Gasteiger partial charge < -0.3 is 19.1 Å². The molecule has 7 heteroatoms. The monoisotopic (exact) mass is 529 g/mol. The predicted molar refractivity (Wildman–Crippen MR) is 148 cm³/mol. The summed E-state index contributed by atoms with van der Waals surface area (Å²) in [4.78, 5) is 11.9. The van der Waals surface area contributed by atoms with Crippen LogP contribution >= 0.6 is 12.4 Å². The molecule has 1 atom stereocenters. The third kappa shape index (κ3) is 10.0. The van der Waals surface area contributed by atoms with Crippen molar-refractivity contribution in [1.82, 2.24) is 0 Å². The molecular weight excluding hydrogens is 488 g/mol. The van der Waals surface area contributed by atoms with Gasteiger partial charge in [0.2, 0.25) is 0 Å². The molecule has 6 nitrogen and oxygen atoms in total. The number of nitrogens with zero attached hydrogens (tertiary/aromatic N) is 2. The van der Waals surface area contributed by atoms with Gasteiger partial charge in [0.1, 0.15) is 31.1 Å². The summed E-state index contributed by atoms with van der Waals surface area (Å²) >= 11 is 0. The molecule has 3 rings (SSSR count). The molecule has 0 spiro atoms. The van der Waals surface area contributed by atoms with E-state index in [9.17, 15) is 15.2 Å². The van der Waals surface area contributed by atoms with Crippen molar-refractivity contribution in [2.75, 3.05) is 40.4 Å². The highest BCUT2D eigenvalue weighted by Gasteiger charge is 2.26. The molecule has 0 fully saturated rings. The van der Waals surface area contributed by atoms with Gasteiger partial charge in [0.05, 0.1) is 32.8 Å². The van der Waals surface area contributed by atoms with Gasteiger partial charge in [-0.2, -0.15) is 5.26 Å². The van der Waals surface area contributed by atoms with Gasteiger partial charge in [-0.3, -0.25) is 4.79 Å². The zero-order chi connectivity index (χ0) is 26.0. The maximum absolute atomic E-state index is 11.9. The molecule has 0 bridgehead atoms. The van der Waals surface area contributed by atoms with Crippen LogP contribution in [0.15, 0.2) is 42.5 Å². The molecule has 0 heterocycles. The zero-order valence-corrected chi connectivity index (χ0v) is 23.3. The third-order valence-corrected chi connectivity index (χ3v) is 6.96. The first-order valence-corrected chi connectivity index (χ1v) is 13.2. The number of quaternary nitrogens is 1. The Morgan fingerprint density at radius 2 is 1.89 bits per heavy atom. The number of benzene rings is 2. The molecule has 0 unspecified atom stereocenters. The van der Waals surface area contributed by atoms with E-state index in [0.717, 1.165) is 44.2 Å². The Hall–Kier alpha value is -2.59. The quantitative estimate of drug-likeness (QED) is 0.214. The summed E-state index contributed by atoms with van der Waals surface area (Å²) in [5, 5.41) is 20.2. The lowest BCUT2D eigenvalue weighted by Crippen LogP contribution is -2.48. The van der Waals surface area contributed by atoms with Crippen LogP contribution in [0, 0.1) is 17.2 Å². The summed E-state index contributed by atoms with van der Waals surface area (Å²) in [7, 11) is 4.29.